The zero-order valence-electron chi connectivity index (χ0n) is 15.3. The molecule has 0 saturated heterocycles. The van der Waals surface area contributed by atoms with Crippen LogP contribution in [0, 0.1) is 0 Å². The van der Waals surface area contributed by atoms with Gasteiger partial charge in [-0.2, -0.15) is 0 Å². The molecule has 142 valence electrons. The molecule has 0 bridgehead atoms. The van der Waals surface area contributed by atoms with Crippen molar-refractivity contribution in [3.05, 3.63) is 72.4 Å². The van der Waals surface area contributed by atoms with E-state index in [4.69, 9.17) is 4.74 Å². The molecule has 7 nitrogen and oxygen atoms in total. The number of halogens is 1. The molecule has 0 aliphatic carbocycles. The summed E-state index contributed by atoms with van der Waals surface area (Å²) in [6.45, 7) is 1.30. The molecule has 0 amide bonds. The number of benzene rings is 1. The maximum Gasteiger partial charge on any atom is 0.191 e. The van der Waals surface area contributed by atoms with Crippen molar-refractivity contribution in [2.75, 3.05) is 14.2 Å². The molecule has 0 atom stereocenters. The molecule has 2 N–H and O–H groups in total. The molecule has 3 aromatic rings. The van der Waals surface area contributed by atoms with Crippen LogP contribution < -0.4 is 15.4 Å². The molecule has 8 heteroatoms. The second-order valence-electron chi connectivity index (χ2n) is 5.62. The first-order valence-electron chi connectivity index (χ1n) is 8.29. The van der Waals surface area contributed by atoms with Gasteiger partial charge in [-0.25, -0.2) is 9.97 Å². The Morgan fingerprint density at radius 3 is 2.56 bits per heavy atom. The van der Waals surface area contributed by atoms with Gasteiger partial charge in [-0.15, -0.1) is 24.0 Å². The van der Waals surface area contributed by atoms with Gasteiger partial charge in [0.2, 0.25) is 0 Å². The minimum atomic E-state index is 0. The van der Waals surface area contributed by atoms with Gasteiger partial charge in [0.15, 0.2) is 5.96 Å². The lowest BCUT2D eigenvalue weighted by Crippen LogP contribution is -2.36. The van der Waals surface area contributed by atoms with Crippen LogP contribution in [0.15, 0.2) is 66.3 Å². The van der Waals surface area contributed by atoms with Gasteiger partial charge in [0, 0.05) is 38.7 Å². The predicted octanol–water partition coefficient (Wildman–Crippen LogP) is 2.76. The molecular formula is C19H23IN6O. The summed E-state index contributed by atoms with van der Waals surface area (Å²) in [5, 5.41) is 6.61. The Labute approximate surface area is 175 Å². The molecule has 1 aromatic carbocycles. The quantitative estimate of drug-likeness (QED) is 0.324. The lowest BCUT2D eigenvalue weighted by Gasteiger charge is -2.13. The number of nitrogens with one attached hydrogen (secondary N) is 2. The third-order valence-corrected chi connectivity index (χ3v) is 3.86. The molecule has 0 aliphatic heterocycles. The monoisotopic (exact) mass is 478 g/mol. The summed E-state index contributed by atoms with van der Waals surface area (Å²) in [4.78, 5) is 12.7. The van der Waals surface area contributed by atoms with Crippen molar-refractivity contribution in [3.8, 4) is 11.6 Å². The second-order valence-corrected chi connectivity index (χ2v) is 5.62. The van der Waals surface area contributed by atoms with Crippen LogP contribution >= 0.6 is 24.0 Å². The summed E-state index contributed by atoms with van der Waals surface area (Å²) in [6, 6.07) is 11.9. The van der Waals surface area contributed by atoms with E-state index < -0.39 is 0 Å². The fraction of sp³-hybridized carbons (Fsp3) is 0.211. The molecule has 0 radical (unpaired) electrons. The van der Waals surface area contributed by atoms with Crippen molar-refractivity contribution in [1.82, 2.24) is 25.2 Å². The predicted molar refractivity (Wildman–Crippen MR) is 117 cm³/mol. The molecule has 3 rings (SSSR count). The molecule has 0 fully saturated rings. The number of rotatable bonds is 6. The minimum absolute atomic E-state index is 0. The van der Waals surface area contributed by atoms with Gasteiger partial charge in [0.05, 0.1) is 7.11 Å². The maximum atomic E-state index is 5.25. The van der Waals surface area contributed by atoms with Gasteiger partial charge < -0.3 is 15.4 Å². The van der Waals surface area contributed by atoms with Crippen molar-refractivity contribution in [2.24, 2.45) is 4.99 Å². The number of aliphatic imine (C=N–C) groups is 1. The zero-order valence-corrected chi connectivity index (χ0v) is 17.6. The Hall–Kier alpha value is -2.62. The van der Waals surface area contributed by atoms with Crippen LogP contribution in [0.3, 0.4) is 0 Å². The van der Waals surface area contributed by atoms with E-state index in [1.807, 2.05) is 47.2 Å². The summed E-state index contributed by atoms with van der Waals surface area (Å²) in [6.07, 6.45) is 7.12. The van der Waals surface area contributed by atoms with E-state index >= 15 is 0 Å². The Morgan fingerprint density at radius 2 is 1.89 bits per heavy atom. The molecule has 2 aromatic heterocycles. The van der Waals surface area contributed by atoms with Crippen molar-refractivity contribution >= 4 is 29.9 Å². The zero-order chi connectivity index (χ0) is 18.2. The number of imidazole rings is 1. The molecule has 0 aliphatic rings. The van der Waals surface area contributed by atoms with Crippen LogP contribution in [-0.4, -0.2) is 34.7 Å². The first-order valence-corrected chi connectivity index (χ1v) is 8.29. The molecule has 27 heavy (non-hydrogen) atoms. The molecular weight excluding hydrogens is 455 g/mol. The Balaban J connectivity index is 0.00000261. The number of nitrogens with zero attached hydrogens (tertiary/aromatic N) is 4. The average molecular weight is 478 g/mol. The Kier molecular flexibility index (Phi) is 8.05. The van der Waals surface area contributed by atoms with Crippen LogP contribution in [0.1, 0.15) is 11.1 Å². The SMILES string of the molecule is CN=C(NCc1cccc(OC)c1)NCc1ccnc(-n2ccnc2)c1.I. The fourth-order valence-corrected chi connectivity index (χ4v) is 2.48. The number of aromatic nitrogens is 3. The lowest BCUT2D eigenvalue weighted by molar-refractivity contribution is 0.414. The first-order chi connectivity index (χ1) is 12.8. The van der Waals surface area contributed by atoms with Gasteiger partial charge >= 0.3 is 0 Å². The number of pyridine rings is 1. The van der Waals surface area contributed by atoms with Crippen LogP contribution in [0.25, 0.3) is 5.82 Å². The van der Waals surface area contributed by atoms with E-state index in [9.17, 15) is 0 Å². The topological polar surface area (TPSA) is 76.4 Å². The highest BCUT2D eigenvalue weighted by atomic mass is 127. The van der Waals surface area contributed by atoms with E-state index in [0.29, 0.717) is 13.1 Å². The molecule has 0 unspecified atom stereocenters. The van der Waals surface area contributed by atoms with E-state index in [1.165, 1.54) is 0 Å². The first kappa shape index (κ1) is 20.7. The summed E-state index contributed by atoms with van der Waals surface area (Å²) in [5.41, 5.74) is 2.23. The van der Waals surface area contributed by atoms with Crippen molar-refractivity contribution in [1.29, 1.82) is 0 Å². The van der Waals surface area contributed by atoms with E-state index in [0.717, 1.165) is 28.7 Å². The Bertz CT molecular complexity index is 866. The number of ether oxygens (including phenoxy) is 1. The third-order valence-electron chi connectivity index (χ3n) is 3.86. The highest BCUT2D eigenvalue weighted by Gasteiger charge is 2.03. The van der Waals surface area contributed by atoms with Crippen molar-refractivity contribution in [3.63, 3.8) is 0 Å². The van der Waals surface area contributed by atoms with Crippen LogP contribution in [-0.2, 0) is 13.1 Å². The number of guanidine groups is 1. The van der Waals surface area contributed by atoms with Gasteiger partial charge in [0.25, 0.3) is 0 Å². The summed E-state index contributed by atoms with van der Waals surface area (Å²) >= 11 is 0. The van der Waals surface area contributed by atoms with Crippen molar-refractivity contribution < 1.29 is 4.74 Å². The third kappa shape index (κ3) is 5.95. The average Bonchev–Trinajstić information content (AvgIpc) is 3.23. The number of methoxy groups -OCH3 is 1. The van der Waals surface area contributed by atoms with Gasteiger partial charge in [-0.1, -0.05) is 12.1 Å². The van der Waals surface area contributed by atoms with Gasteiger partial charge in [-0.05, 0) is 35.4 Å². The summed E-state index contributed by atoms with van der Waals surface area (Å²) < 4.78 is 7.12. The smallest absolute Gasteiger partial charge is 0.191 e. The number of hydrogen-bond acceptors (Lipinski definition) is 4. The highest BCUT2D eigenvalue weighted by Crippen LogP contribution is 2.12. The van der Waals surface area contributed by atoms with E-state index in [1.54, 1.807) is 32.9 Å². The lowest BCUT2D eigenvalue weighted by atomic mass is 10.2. The van der Waals surface area contributed by atoms with Crippen LogP contribution in [0.4, 0.5) is 0 Å². The maximum absolute atomic E-state index is 5.25. The normalized spacial score (nSPS) is 10.8. The molecule has 0 spiro atoms. The van der Waals surface area contributed by atoms with E-state index in [2.05, 4.69) is 25.6 Å². The van der Waals surface area contributed by atoms with E-state index in [-0.39, 0.29) is 24.0 Å². The number of hydrogen-bond donors (Lipinski definition) is 2. The Morgan fingerprint density at radius 1 is 1.11 bits per heavy atom. The standard InChI is InChI=1S/C19H22N6O.HI/c1-20-19(23-12-15-4-3-5-17(10-15)26-2)24-13-16-6-7-22-18(11-16)25-9-8-21-14-25;/h3-11,14H,12-13H2,1-2H3,(H2,20,23,24);1H. The molecule has 0 saturated carbocycles. The second kappa shape index (κ2) is 10.5. The minimum Gasteiger partial charge on any atom is -0.497 e. The van der Waals surface area contributed by atoms with Crippen LogP contribution in [0.5, 0.6) is 5.75 Å². The largest absolute Gasteiger partial charge is 0.497 e. The summed E-state index contributed by atoms with van der Waals surface area (Å²) in [7, 11) is 3.42. The van der Waals surface area contributed by atoms with Crippen LogP contribution in [0.2, 0.25) is 0 Å². The van der Waals surface area contributed by atoms with Gasteiger partial charge in [-0.3, -0.25) is 9.56 Å². The summed E-state index contributed by atoms with van der Waals surface area (Å²) in [5.74, 6) is 2.41. The fourth-order valence-electron chi connectivity index (χ4n) is 2.48. The van der Waals surface area contributed by atoms with Crippen molar-refractivity contribution in [2.45, 2.75) is 13.1 Å². The highest BCUT2D eigenvalue weighted by molar-refractivity contribution is 14.0. The molecule has 2 heterocycles. The van der Waals surface area contributed by atoms with Gasteiger partial charge in [0.1, 0.15) is 17.9 Å².